The molecule has 7 nitrogen and oxygen atoms in total. The van der Waals surface area contributed by atoms with Crippen LogP contribution in [0, 0.1) is 17.0 Å². The number of nitro benzene ring substituents is 1. The van der Waals surface area contributed by atoms with E-state index in [2.05, 4.69) is 10.3 Å². The fraction of sp³-hybridized carbons (Fsp3) is 0.167. The van der Waals surface area contributed by atoms with E-state index in [0.29, 0.717) is 16.5 Å². The van der Waals surface area contributed by atoms with E-state index in [1.807, 2.05) is 0 Å². The number of rotatable bonds is 2. The molecule has 1 aromatic carbocycles. The van der Waals surface area contributed by atoms with Gasteiger partial charge in [0.1, 0.15) is 5.69 Å². The summed E-state index contributed by atoms with van der Waals surface area (Å²) in [5, 5.41) is 13.9. The third-order valence-corrected chi connectivity index (χ3v) is 2.67. The van der Waals surface area contributed by atoms with Crippen molar-refractivity contribution in [1.29, 1.82) is 0 Å². The van der Waals surface area contributed by atoms with Crippen LogP contribution in [0.2, 0.25) is 0 Å². The van der Waals surface area contributed by atoms with E-state index >= 15 is 0 Å². The maximum Gasteiger partial charge on any atom is 0.302 e. The Morgan fingerprint density at radius 3 is 2.68 bits per heavy atom. The molecule has 1 heterocycles. The normalized spacial score (nSPS) is 10.4. The molecule has 0 bridgehead atoms. The Labute approximate surface area is 107 Å². The third kappa shape index (κ3) is 2.30. The fourth-order valence-electron chi connectivity index (χ4n) is 2.01. The second kappa shape index (κ2) is 4.52. The number of aromatic amines is 1. The minimum atomic E-state index is -0.571. The SMILES string of the molecule is CC(=O)Nc1ccc2[nH]c(=O)cc(C)c2c1[N+](=O)[O-]. The van der Waals surface area contributed by atoms with Crippen LogP contribution in [0.4, 0.5) is 11.4 Å². The number of H-pyrrole nitrogens is 1. The minimum absolute atomic E-state index is 0.111. The predicted molar refractivity (Wildman–Crippen MR) is 70.3 cm³/mol. The van der Waals surface area contributed by atoms with E-state index in [9.17, 15) is 19.7 Å². The lowest BCUT2D eigenvalue weighted by Crippen LogP contribution is -2.10. The van der Waals surface area contributed by atoms with Crippen LogP contribution in [0.3, 0.4) is 0 Å². The molecule has 0 saturated heterocycles. The van der Waals surface area contributed by atoms with Crippen LogP contribution < -0.4 is 10.9 Å². The smallest absolute Gasteiger partial charge is 0.302 e. The van der Waals surface area contributed by atoms with Gasteiger partial charge in [0.15, 0.2) is 0 Å². The van der Waals surface area contributed by atoms with Gasteiger partial charge in [0, 0.05) is 13.0 Å². The van der Waals surface area contributed by atoms with Crippen LogP contribution in [0.5, 0.6) is 0 Å². The summed E-state index contributed by atoms with van der Waals surface area (Å²) in [4.78, 5) is 35.6. The summed E-state index contributed by atoms with van der Waals surface area (Å²) in [6, 6.07) is 4.21. The zero-order valence-corrected chi connectivity index (χ0v) is 10.3. The molecule has 1 aromatic heterocycles. The number of amides is 1. The minimum Gasteiger partial charge on any atom is -0.322 e. The zero-order valence-electron chi connectivity index (χ0n) is 10.3. The summed E-state index contributed by atoms with van der Waals surface area (Å²) in [7, 11) is 0. The van der Waals surface area contributed by atoms with Gasteiger partial charge in [0.2, 0.25) is 11.5 Å². The molecule has 0 saturated carbocycles. The Bertz CT molecular complexity index is 748. The number of aryl methyl sites for hydroxylation is 1. The van der Waals surface area contributed by atoms with Gasteiger partial charge in [-0.1, -0.05) is 0 Å². The van der Waals surface area contributed by atoms with Gasteiger partial charge in [-0.05, 0) is 24.6 Å². The number of carbonyl (C=O) groups is 1. The summed E-state index contributed by atoms with van der Waals surface area (Å²) < 4.78 is 0. The standard InChI is InChI=1S/C12H11N3O4/c1-6-5-10(17)14-8-3-4-9(13-7(2)16)12(11(6)8)15(18)19/h3-5H,1-2H3,(H,13,16)(H,14,17). The first-order chi connectivity index (χ1) is 8.90. The number of carbonyl (C=O) groups excluding carboxylic acids is 1. The van der Waals surface area contributed by atoms with Crippen LogP contribution in [0.25, 0.3) is 10.9 Å². The summed E-state index contributed by atoms with van der Waals surface area (Å²) in [6.45, 7) is 2.88. The highest BCUT2D eigenvalue weighted by Gasteiger charge is 2.21. The van der Waals surface area contributed by atoms with Gasteiger partial charge in [-0.15, -0.1) is 0 Å². The molecular formula is C12H11N3O4. The van der Waals surface area contributed by atoms with Crippen molar-refractivity contribution in [3.05, 3.63) is 44.2 Å². The highest BCUT2D eigenvalue weighted by Crippen LogP contribution is 2.33. The predicted octanol–water partition coefficient (Wildman–Crippen LogP) is 1.70. The van der Waals surface area contributed by atoms with E-state index in [0.717, 1.165) is 0 Å². The highest BCUT2D eigenvalue weighted by atomic mass is 16.6. The first kappa shape index (κ1) is 12.7. The van der Waals surface area contributed by atoms with E-state index < -0.39 is 10.8 Å². The Morgan fingerprint density at radius 2 is 2.11 bits per heavy atom. The van der Waals surface area contributed by atoms with Crippen molar-refractivity contribution in [2.75, 3.05) is 5.32 Å². The molecule has 0 aliphatic heterocycles. The molecule has 2 aromatic rings. The Hall–Kier alpha value is -2.70. The Balaban J connectivity index is 2.88. The van der Waals surface area contributed by atoms with Crippen molar-refractivity contribution in [3.8, 4) is 0 Å². The number of nitrogens with one attached hydrogen (secondary N) is 2. The van der Waals surface area contributed by atoms with Crippen LogP contribution in [0.1, 0.15) is 12.5 Å². The molecule has 0 atom stereocenters. The van der Waals surface area contributed by atoms with Gasteiger partial charge < -0.3 is 10.3 Å². The maximum absolute atomic E-state index is 11.4. The largest absolute Gasteiger partial charge is 0.322 e. The van der Waals surface area contributed by atoms with Crippen molar-refractivity contribution in [1.82, 2.24) is 4.98 Å². The molecule has 0 radical (unpaired) electrons. The van der Waals surface area contributed by atoms with E-state index in [-0.39, 0.29) is 16.9 Å². The van der Waals surface area contributed by atoms with E-state index in [1.54, 1.807) is 6.92 Å². The molecule has 2 rings (SSSR count). The van der Waals surface area contributed by atoms with Crippen molar-refractivity contribution < 1.29 is 9.72 Å². The molecule has 0 unspecified atom stereocenters. The number of fused-ring (bicyclic) bond motifs is 1. The summed E-state index contributed by atoms with van der Waals surface area (Å²) in [6.07, 6.45) is 0. The lowest BCUT2D eigenvalue weighted by Gasteiger charge is -2.08. The number of hydrogen-bond donors (Lipinski definition) is 2. The van der Waals surface area contributed by atoms with Gasteiger partial charge in [-0.25, -0.2) is 0 Å². The van der Waals surface area contributed by atoms with Crippen LogP contribution in [0.15, 0.2) is 23.0 Å². The Kier molecular flexibility index (Phi) is 3.04. The number of anilines is 1. The van der Waals surface area contributed by atoms with Crippen LogP contribution in [-0.2, 0) is 4.79 Å². The van der Waals surface area contributed by atoms with Crippen molar-refractivity contribution in [2.45, 2.75) is 13.8 Å². The molecule has 7 heteroatoms. The van der Waals surface area contributed by atoms with Crippen molar-refractivity contribution in [3.63, 3.8) is 0 Å². The second-order valence-electron chi connectivity index (χ2n) is 4.14. The lowest BCUT2D eigenvalue weighted by atomic mass is 10.1. The molecule has 98 valence electrons. The molecule has 0 aliphatic carbocycles. The maximum atomic E-state index is 11.4. The van der Waals surface area contributed by atoms with Gasteiger partial charge in [0.25, 0.3) is 0 Å². The van der Waals surface area contributed by atoms with Crippen molar-refractivity contribution in [2.24, 2.45) is 0 Å². The number of benzene rings is 1. The van der Waals surface area contributed by atoms with E-state index in [4.69, 9.17) is 0 Å². The summed E-state index contributed by atoms with van der Waals surface area (Å²) in [5.41, 5.74) is 0.414. The molecule has 0 aliphatic rings. The van der Waals surface area contributed by atoms with Gasteiger partial charge >= 0.3 is 5.69 Å². The van der Waals surface area contributed by atoms with Crippen LogP contribution >= 0.6 is 0 Å². The molecule has 1 amide bonds. The number of hydrogen-bond acceptors (Lipinski definition) is 4. The average molecular weight is 261 g/mol. The topological polar surface area (TPSA) is 105 Å². The molecular weight excluding hydrogens is 250 g/mol. The second-order valence-corrected chi connectivity index (χ2v) is 4.14. The van der Waals surface area contributed by atoms with Crippen LogP contribution in [-0.4, -0.2) is 15.8 Å². The van der Waals surface area contributed by atoms with Gasteiger partial charge in [-0.3, -0.25) is 19.7 Å². The van der Waals surface area contributed by atoms with Gasteiger partial charge in [-0.2, -0.15) is 0 Å². The number of pyridine rings is 1. The summed E-state index contributed by atoms with van der Waals surface area (Å²) in [5.74, 6) is -0.399. The highest BCUT2D eigenvalue weighted by molar-refractivity contribution is 6.01. The average Bonchev–Trinajstić information content (AvgIpc) is 2.28. The lowest BCUT2D eigenvalue weighted by molar-refractivity contribution is -0.382. The summed E-state index contributed by atoms with van der Waals surface area (Å²) >= 11 is 0. The Morgan fingerprint density at radius 1 is 1.42 bits per heavy atom. The molecule has 0 spiro atoms. The fourth-order valence-corrected chi connectivity index (χ4v) is 2.01. The molecule has 0 fully saturated rings. The number of aromatic nitrogens is 1. The quantitative estimate of drug-likeness (QED) is 0.634. The van der Waals surface area contributed by atoms with Crippen molar-refractivity contribution >= 4 is 28.2 Å². The monoisotopic (exact) mass is 261 g/mol. The number of nitro groups is 1. The first-order valence-corrected chi connectivity index (χ1v) is 5.49. The third-order valence-electron chi connectivity index (χ3n) is 2.67. The van der Waals surface area contributed by atoms with Gasteiger partial charge in [0.05, 0.1) is 15.8 Å². The number of nitrogens with zero attached hydrogens (tertiary/aromatic N) is 1. The molecule has 2 N–H and O–H groups in total. The zero-order chi connectivity index (χ0) is 14.2. The first-order valence-electron chi connectivity index (χ1n) is 5.49. The molecule has 19 heavy (non-hydrogen) atoms. The van der Waals surface area contributed by atoms with E-state index in [1.165, 1.54) is 25.1 Å².